The molecule has 188 valence electrons. The number of rotatable bonds is 6. The van der Waals surface area contributed by atoms with Gasteiger partial charge in [0.25, 0.3) is 5.91 Å². The predicted molar refractivity (Wildman–Crippen MR) is 144 cm³/mol. The maximum atomic E-state index is 13.1. The number of aromatic nitrogens is 2. The normalized spacial score (nSPS) is 13.7. The molecule has 0 saturated carbocycles. The van der Waals surface area contributed by atoms with E-state index in [-0.39, 0.29) is 24.4 Å². The smallest absolute Gasteiger partial charge is 0.256 e. The number of hydrogen-bond acceptors (Lipinski definition) is 5. The molecule has 0 spiro atoms. The molecule has 2 aromatic carbocycles. The first-order valence-corrected chi connectivity index (χ1v) is 12.8. The quantitative estimate of drug-likeness (QED) is 0.419. The Morgan fingerprint density at radius 1 is 0.917 bits per heavy atom. The van der Waals surface area contributed by atoms with E-state index in [1.165, 1.54) is 0 Å². The fourth-order valence-corrected chi connectivity index (χ4v) is 4.77. The summed E-state index contributed by atoms with van der Waals surface area (Å²) in [6, 6.07) is 15.8. The van der Waals surface area contributed by atoms with Gasteiger partial charge in [-0.3, -0.25) is 9.59 Å². The van der Waals surface area contributed by atoms with E-state index in [4.69, 9.17) is 34.8 Å². The number of benzene rings is 2. The van der Waals surface area contributed by atoms with Gasteiger partial charge in [-0.05, 0) is 56.3 Å². The van der Waals surface area contributed by atoms with Gasteiger partial charge in [-0.25, -0.2) is 0 Å². The van der Waals surface area contributed by atoms with E-state index in [0.717, 1.165) is 11.4 Å². The van der Waals surface area contributed by atoms with Crippen molar-refractivity contribution in [3.63, 3.8) is 0 Å². The van der Waals surface area contributed by atoms with Crippen LogP contribution in [-0.2, 0) is 4.79 Å². The van der Waals surface area contributed by atoms with Gasteiger partial charge in [-0.15, -0.1) is 10.2 Å². The van der Waals surface area contributed by atoms with Gasteiger partial charge in [-0.1, -0.05) is 46.9 Å². The molecule has 1 aliphatic heterocycles. The molecular weight excluding hydrogens is 521 g/mol. The van der Waals surface area contributed by atoms with Crippen molar-refractivity contribution in [3.8, 4) is 11.3 Å². The van der Waals surface area contributed by atoms with Crippen molar-refractivity contribution < 1.29 is 9.59 Å². The highest BCUT2D eigenvalue weighted by molar-refractivity contribution is 6.36. The van der Waals surface area contributed by atoms with Crippen LogP contribution in [0.3, 0.4) is 0 Å². The van der Waals surface area contributed by atoms with Crippen molar-refractivity contribution >= 4 is 52.4 Å². The highest BCUT2D eigenvalue weighted by Gasteiger charge is 2.28. The monoisotopic (exact) mass is 545 g/mol. The van der Waals surface area contributed by atoms with Crippen molar-refractivity contribution in [3.05, 3.63) is 75.2 Å². The lowest BCUT2D eigenvalue weighted by atomic mass is 10.1. The number of nitrogens with zero attached hydrogens (tertiary/aromatic N) is 5. The van der Waals surface area contributed by atoms with Crippen LogP contribution >= 0.6 is 34.8 Å². The molecule has 0 N–H and O–H groups in total. The average Bonchev–Trinajstić information content (AvgIpc) is 2.87. The van der Waals surface area contributed by atoms with Gasteiger partial charge < -0.3 is 14.7 Å². The molecule has 0 atom stereocenters. The summed E-state index contributed by atoms with van der Waals surface area (Å²) in [6.45, 7) is 6.05. The second kappa shape index (κ2) is 11.5. The van der Waals surface area contributed by atoms with E-state index >= 15 is 0 Å². The molecule has 0 aliphatic carbocycles. The maximum absolute atomic E-state index is 13.1. The molecule has 0 unspecified atom stereocenters. The van der Waals surface area contributed by atoms with E-state index in [1.54, 1.807) is 46.2 Å². The third-order valence-electron chi connectivity index (χ3n) is 6.11. The van der Waals surface area contributed by atoms with Crippen LogP contribution in [0, 0.1) is 0 Å². The number of halogens is 3. The molecule has 1 aliphatic rings. The largest absolute Gasteiger partial charge is 0.352 e. The minimum Gasteiger partial charge on any atom is -0.352 e. The van der Waals surface area contributed by atoms with Crippen molar-refractivity contribution in [2.75, 3.05) is 37.6 Å². The molecule has 3 aromatic rings. The predicted octanol–water partition coefficient (Wildman–Crippen LogP) is 5.30. The van der Waals surface area contributed by atoms with Crippen LogP contribution in [0.25, 0.3) is 11.3 Å². The highest BCUT2D eigenvalue weighted by Crippen LogP contribution is 2.29. The molecule has 36 heavy (non-hydrogen) atoms. The van der Waals surface area contributed by atoms with E-state index in [2.05, 4.69) is 15.1 Å². The number of amides is 2. The van der Waals surface area contributed by atoms with E-state index in [0.29, 0.717) is 52.5 Å². The molecule has 1 fully saturated rings. The van der Waals surface area contributed by atoms with Crippen molar-refractivity contribution in [2.45, 2.75) is 19.9 Å². The molecule has 0 bridgehead atoms. The SMILES string of the molecule is CC(C)N(CC(=O)N1CCN(c2ccc(-c3ccc(Cl)cc3Cl)nn2)CC1)C(=O)c1ccccc1Cl. The minimum absolute atomic E-state index is 0.00191. The topological polar surface area (TPSA) is 69.6 Å². The first-order chi connectivity index (χ1) is 17.2. The number of piperazine rings is 1. The Morgan fingerprint density at radius 3 is 2.25 bits per heavy atom. The standard InChI is InChI=1S/C26H26Cl3N5O2/c1-17(2)34(26(36)20-5-3-4-6-21(20)28)16-25(35)33-13-11-32(12-14-33)24-10-9-23(30-31-24)19-8-7-18(27)15-22(19)29/h3-10,15,17H,11-14,16H2,1-2H3. The fourth-order valence-electron chi connectivity index (χ4n) is 4.04. The van der Waals surface area contributed by atoms with Crippen LogP contribution in [0.5, 0.6) is 0 Å². The lowest BCUT2D eigenvalue weighted by Crippen LogP contribution is -2.53. The van der Waals surface area contributed by atoms with Gasteiger partial charge in [0.2, 0.25) is 5.91 Å². The lowest BCUT2D eigenvalue weighted by Gasteiger charge is -2.36. The van der Waals surface area contributed by atoms with E-state index in [9.17, 15) is 9.59 Å². The van der Waals surface area contributed by atoms with Crippen molar-refractivity contribution in [2.24, 2.45) is 0 Å². The first kappa shape index (κ1) is 26.2. The van der Waals surface area contributed by atoms with Crippen LogP contribution < -0.4 is 4.90 Å². The number of carbonyl (C=O) groups is 2. The van der Waals surface area contributed by atoms with Gasteiger partial charge in [-0.2, -0.15) is 0 Å². The third kappa shape index (κ3) is 5.91. The Morgan fingerprint density at radius 2 is 1.64 bits per heavy atom. The summed E-state index contributed by atoms with van der Waals surface area (Å²) in [7, 11) is 0. The van der Waals surface area contributed by atoms with Gasteiger partial charge >= 0.3 is 0 Å². The Hall–Kier alpha value is -2.87. The summed E-state index contributed by atoms with van der Waals surface area (Å²) >= 11 is 18.5. The average molecular weight is 547 g/mol. The van der Waals surface area contributed by atoms with Gasteiger partial charge in [0.1, 0.15) is 6.54 Å². The Labute approximate surface area is 225 Å². The van der Waals surface area contributed by atoms with E-state index < -0.39 is 0 Å². The molecular formula is C26H26Cl3N5O2. The molecule has 2 amide bonds. The number of anilines is 1. The van der Waals surface area contributed by atoms with Gasteiger partial charge in [0.05, 0.1) is 21.3 Å². The zero-order valence-corrected chi connectivity index (χ0v) is 22.3. The Kier molecular flexibility index (Phi) is 8.34. The zero-order valence-electron chi connectivity index (χ0n) is 20.0. The zero-order chi connectivity index (χ0) is 25.8. The Bertz CT molecular complexity index is 1240. The van der Waals surface area contributed by atoms with Crippen molar-refractivity contribution in [1.82, 2.24) is 20.0 Å². The van der Waals surface area contributed by atoms with Gasteiger partial charge in [0, 0.05) is 42.8 Å². The van der Waals surface area contributed by atoms with Crippen LogP contribution in [0.1, 0.15) is 24.2 Å². The first-order valence-electron chi connectivity index (χ1n) is 11.6. The molecule has 2 heterocycles. The van der Waals surface area contributed by atoms with Crippen LogP contribution in [0.2, 0.25) is 15.1 Å². The summed E-state index contributed by atoms with van der Waals surface area (Å²) in [5.41, 5.74) is 1.81. The summed E-state index contributed by atoms with van der Waals surface area (Å²) in [6.07, 6.45) is 0. The molecule has 1 saturated heterocycles. The van der Waals surface area contributed by atoms with Gasteiger partial charge in [0.15, 0.2) is 5.82 Å². The fraction of sp³-hybridized carbons (Fsp3) is 0.308. The summed E-state index contributed by atoms with van der Waals surface area (Å²) in [5.74, 6) is 0.384. The molecule has 1 aromatic heterocycles. The minimum atomic E-state index is -0.251. The lowest BCUT2D eigenvalue weighted by molar-refractivity contribution is -0.132. The van der Waals surface area contributed by atoms with Crippen LogP contribution in [-0.4, -0.2) is 70.6 Å². The van der Waals surface area contributed by atoms with Crippen LogP contribution in [0.4, 0.5) is 5.82 Å². The molecule has 10 heteroatoms. The molecule has 4 rings (SSSR count). The summed E-state index contributed by atoms with van der Waals surface area (Å²) < 4.78 is 0. The summed E-state index contributed by atoms with van der Waals surface area (Å²) in [5, 5.41) is 10.1. The second-order valence-electron chi connectivity index (χ2n) is 8.78. The second-order valence-corrected chi connectivity index (χ2v) is 10.0. The van der Waals surface area contributed by atoms with Crippen molar-refractivity contribution in [1.29, 1.82) is 0 Å². The maximum Gasteiger partial charge on any atom is 0.256 e. The highest BCUT2D eigenvalue weighted by atomic mass is 35.5. The third-order valence-corrected chi connectivity index (χ3v) is 6.99. The number of hydrogen-bond donors (Lipinski definition) is 0. The molecule has 0 radical (unpaired) electrons. The summed E-state index contributed by atoms with van der Waals surface area (Å²) in [4.78, 5) is 31.5. The Balaban J connectivity index is 1.36. The van der Waals surface area contributed by atoms with Crippen LogP contribution in [0.15, 0.2) is 54.6 Å². The molecule has 7 nitrogen and oxygen atoms in total. The number of carbonyl (C=O) groups excluding carboxylic acids is 2. The van der Waals surface area contributed by atoms with E-state index in [1.807, 2.05) is 32.0 Å².